The van der Waals surface area contributed by atoms with Crippen LogP contribution in [0, 0.1) is 0 Å². The largest absolute Gasteiger partial charge is 0.497 e. The van der Waals surface area contributed by atoms with E-state index in [2.05, 4.69) is 15.8 Å². The predicted molar refractivity (Wildman–Crippen MR) is 157 cm³/mol. The summed E-state index contributed by atoms with van der Waals surface area (Å²) in [5.41, 5.74) is 4.23. The number of thiophene rings is 1. The molecule has 0 radical (unpaired) electrons. The van der Waals surface area contributed by atoms with Crippen LogP contribution in [0.25, 0.3) is 0 Å². The first-order chi connectivity index (χ1) is 20.3. The van der Waals surface area contributed by atoms with E-state index >= 15 is 0 Å². The Kier molecular flexibility index (Phi) is 10.3. The van der Waals surface area contributed by atoms with Crippen molar-refractivity contribution in [2.45, 2.75) is 39.5 Å². The van der Waals surface area contributed by atoms with E-state index in [1.54, 1.807) is 50.2 Å². The lowest BCUT2D eigenvalue weighted by molar-refractivity contribution is -0.136. The van der Waals surface area contributed by atoms with Crippen molar-refractivity contribution in [3.8, 4) is 17.2 Å². The lowest BCUT2D eigenvalue weighted by Crippen LogP contribution is -2.32. The summed E-state index contributed by atoms with van der Waals surface area (Å²) in [5.74, 6) is -1.96. The molecule has 11 nitrogen and oxygen atoms in total. The number of carbonyl (C=O) groups is 4. The SMILES string of the molecule is CCOC(=O)c1c(NC(=O)C(=O)N/N=C\c2ccc(OC(=O)c3ccc(OC)cc3)c(OCC)c2)sc2c1CCCC2. The van der Waals surface area contributed by atoms with Crippen LogP contribution in [-0.4, -0.2) is 50.3 Å². The molecule has 0 aliphatic heterocycles. The number of esters is 2. The zero-order valence-electron chi connectivity index (χ0n) is 23.5. The Morgan fingerprint density at radius 1 is 0.929 bits per heavy atom. The van der Waals surface area contributed by atoms with Gasteiger partial charge in [0.1, 0.15) is 10.8 Å². The summed E-state index contributed by atoms with van der Waals surface area (Å²) >= 11 is 1.29. The van der Waals surface area contributed by atoms with E-state index in [4.69, 9.17) is 18.9 Å². The van der Waals surface area contributed by atoms with Crippen LogP contribution in [0.5, 0.6) is 17.2 Å². The van der Waals surface area contributed by atoms with Crippen LogP contribution in [0.2, 0.25) is 0 Å². The molecule has 0 spiro atoms. The molecule has 2 aromatic carbocycles. The van der Waals surface area contributed by atoms with Gasteiger partial charge in [0, 0.05) is 4.88 Å². The number of ether oxygens (including phenoxy) is 4. The molecule has 1 aliphatic carbocycles. The van der Waals surface area contributed by atoms with Crippen molar-refractivity contribution in [1.82, 2.24) is 5.43 Å². The molecule has 0 saturated carbocycles. The zero-order valence-corrected chi connectivity index (χ0v) is 24.3. The highest BCUT2D eigenvalue weighted by Crippen LogP contribution is 2.38. The fraction of sp³-hybridized carbons (Fsp3) is 0.300. The quantitative estimate of drug-likeness (QED) is 0.115. The van der Waals surface area contributed by atoms with E-state index < -0.39 is 23.8 Å². The molecular formula is C30H31N3O8S. The first kappa shape index (κ1) is 30.3. The van der Waals surface area contributed by atoms with E-state index in [9.17, 15) is 19.2 Å². The Balaban J connectivity index is 1.40. The van der Waals surface area contributed by atoms with Crippen molar-refractivity contribution in [3.63, 3.8) is 0 Å². The highest BCUT2D eigenvalue weighted by Gasteiger charge is 2.28. The molecule has 0 unspecified atom stereocenters. The lowest BCUT2D eigenvalue weighted by Gasteiger charge is -2.12. The molecule has 3 aromatic rings. The van der Waals surface area contributed by atoms with E-state index in [1.807, 2.05) is 0 Å². The summed E-state index contributed by atoms with van der Waals surface area (Å²) in [6.45, 7) is 4.00. The number of carbonyl (C=O) groups excluding carboxylic acids is 4. The van der Waals surface area contributed by atoms with E-state index in [0.29, 0.717) is 39.8 Å². The second-order valence-electron chi connectivity index (χ2n) is 9.05. The van der Waals surface area contributed by atoms with Crippen molar-refractivity contribution >= 4 is 46.3 Å². The molecule has 0 bridgehead atoms. The molecule has 1 heterocycles. The van der Waals surface area contributed by atoms with Gasteiger partial charge in [-0.2, -0.15) is 5.10 Å². The van der Waals surface area contributed by atoms with Crippen LogP contribution in [0.4, 0.5) is 5.00 Å². The molecule has 1 aromatic heterocycles. The highest BCUT2D eigenvalue weighted by molar-refractivity contribution is 7.17. The summed E-state index contributed by atoms with van der Waals surface area (Å²) in [6, 6.07) is 11.2. The van der Waals surface area contributed by atoms with Crippen LogP contribution >= 0.6 is 11.3 Å². The molecule has 0 fully saturated rings. The third-order valence-electron chi connectivity index (χ3n) is 6.26. The average molecular weight is 594 g/mol. The smallest absolute Gasteiger partial charge is 0.343 e. The Morgan fingerprint density at radius 2 is 1.69 bits per heavy atom. The van der Waals surface area contributed by atoms with Gasteiger partial charge in [-0.25, -0.2) is 15.0 Å². The number of nitrogens with zero attached hydrogens (tertiary/aromatic N) is 1. The van der Waals surface area contributed by atoms with Gasteiger partial charge in [0.15, 0.2) is 11.5 Å². The van der Waals surface area contributed by atoms with E-state index in [1.165, 1.54) is 30.7 Å². The third kappa shape index (κ3) is 7.32. The fourth-order valence-electron chi connectivity index (χ4n) is 4.29. The van der Waals surface area contributed by atoms with Crippen molar-refractivity contribution in [1.29, 1.82) is 0 Å². The Bertz CT molecular complexity index is 1500. The summed E-state index contributed by atoms with van der Waals surface area (Å²) < 4.78 is 21.4. The summed E-state index contributed by atoms with van der Waals surface area (Å²) in [5, 5.41) is 6.70. The standard InChI is InChI=1S/C30H31N3O8S/c1-4-39-23-16-18(10-15-22(23)41-29(36)19-11-13-20(38-3)14-12-19)17-31-33-27(35)26(34)32-28-25(30(37)40-5-2)21-8-6-7-9-24(21)42-28/h10-17H,4-9H2,1-3H3,(H,32,34)(H,33,35)/b31-17-. The maximum absolute atomic E-state index is 12.6. The number of rotatable bonds is 10. The first-order valence-electron chi connectivity index (χ1n) is 13.4. The predicted octanol–water partition coefficient (Wildman–Crippen LogP) is 4.52. The van der Waals surface area contributed by atoms with Crippen molar-refractivity contribution in [2.75, 3.05) is 25.6 Å². The molecule has 1 aliphatic rings. The number of fused-ring (bicyclic) bond motifs is 1. The first-order valence-corrected chi connectivity index (χ1v) is 14.2. The van der Waals surface area contributed by atoms with Gasteiger partial charge in [-0.1, -0.05) is 0 Å². The summed E-state index contributed by atoms with van der Waals surface area (Å²) in [6.07, 6.45) is 4.78. The molecule has 0 atom stereocenters. The average Bonchev–Trinajstić information content (AvgIpc) is 3.36. The van der Waals surface area contributed by atoms with Crippen LogP contribution in [0.15, 0.2) is 47.6 Å². The minimum atomic E-state index is -1.01. The van der Waals surface area contributed by atoms with Gasteiger partial charge in [0.25, 0.3) is 0 Å². The highest BCUT2D eigenvalue weighted by atomic mass is 32.1. The maximum atomic E-state index is 12.6. The van der Waals surface area contributed by atoms with Gasteiger partial charge in [-0.3, -0.25) is 9.59 Å². The molecule has 4 rings (SSSR count). The second-order valence-corrected chi connectivity index (χ2v) is 10.2. The summed E-state index contributed by atoms with van der Waals surface area (Å²) in [7, 11) is 1.53. The molecule has 42 heavy (non-hydrogen) atoms. The number of hydrogen-bond acceptors (Lipinski definition) is 10. The van der Waals surface area contributed by atoms with Crippen LogP contribution in [-0.2, 0) is 27.2 Å². The lowest BCUT2D eigenvalue weighted by atomic mass is 9.95. The molecule has 2 N–H and O–H groups in total. The van der Waals surface area contributed by atoms with E-state index in [0.717, 1.165) is 36.1 Å². The Labute approximate surface area is 246 Å². The minimum Gasteiger partial charge on any atom is -0.497 e. The topological polar surface area (TPSA) is 142 Å². The van der Waals surface area contributed by atoms with Crippen LogP contribution < -0.4 is 25.0 Å². The molecule has 2 amide bonds. The van der Waals surface area contributed by atoms with Crippen molar-refractivity contribution in [2.24, 2.45) is 5.10 Å². The Hall–Kier alpha value is -4.71. The third-order valence-corrected chi connectivity index (χ3v) is 7.47. The molecule has 220 valence electrons. The van der Waals surface area contributed by atoms with Gasteiger partial charge in [0.2, 0.25) is 0 Å². The van der Waals surface area contributed by atoms with Gasteiger partial charge >= 0.3 is 23.8 Å². The number of hydrazone groups is 1. The monoisotopic (exact) mass is 593 g/mol. The van der Waals surface area contributed by atoms with Gasteiger partial charge in [-0.15, -0.1) is 11.3 Å². The zero-order chi connectivity index (χ0) is 30.1. The van der Waals surface area contributed by atoms with Gasteiger partial charge < -0.3 is 24.3 Å². The molecular weight excluding hydrogens is 562 g/mol. The number of aryl methyl sites for hydroxylation is 1. The molecule has 0 saturated heterocycles. The second kappa shape index (κ2) is 14.3. The number of benzene rings is 2. The van der Waals surface area contributed by atoms with Crippen molar-refractivity contribution in [3.05, 3.63) is 69.6 Å². The number of anilines is 1. The van der Waals surface area contributed by atoms with Crippen LogP contribution in [0.3, 0.4) is 0 Å². The van der Waals surface area contributed by atoms with Gasteiger partial charge in [-0.05, 0) is 93.1 Å². The normalized spacial score (nSPS) is 12.3. The van der Waals surface area contributed by atoms with Gasteiger partial charge in [0.05, 0.1) is 37.7 Å². The van der Waals surface area contributed by atoms with E-state index in [-0.39, 0.29) is 12.4 Å². The minimum absolute atomic E-state index is 0.198. The number of methoxy groups -OCH3 is 1. The Morgan fingerprint density at radius 3 is 2.40 bits per heavy atom. The fourth-order valence-corrected chi connectivity index (χ4v) is 5.57. The maximum Gasteiger partial charge on any atom is 0.343 e. The van der Waals surface area contributed by atoms with Crippen molar-refractivity contribution < 1.29 is 38.1 Å². The number of hydrogen-bond donors (Lipinski definition) is 2. The number of amides is 2. The molecule has 12 heteroatoms. The summed E-state index contributed by atoms with van der Waals surface area (Å²) in [4.78, 5) is 51.3. The number of nitrogens with one attached hydrogen (secondary N) is 2. The van der Waals surface area contributed by atoms with Crippen LogP contribution in [0.1, 0.15) is 63.4 Å².